The molecule has 2 aromatic rings. The maximum Gasteiger partial charge on any atom is 0.138 e. The van der Waals surface area contributed by atoms with Gasteiger partial charge in [0.1, 0.15) is 18.3 Å². The van der Waals surface area contributed by atoms with E-state index >= 15 is 0 Å². The summed E-state index contributed by atoms with van der Waals surface area (Å²) in [6, 6.07) is 5.85. The van der Waals surface area contributed by atoms with Crippen LogP contribution in [0.15, 0.2) is 30.9 Å². The van der Waals surface area contributed by atoms with E-state index in [1.807, 2.05) is 25.1 Å². The van der Waals surface area contributed by atoms with Crippen LogP contribution in [0.25, 0.3) is 5.69 Å². The van der Waals surface area contributed by atoms with Crippen molar-refractivity contribution < 1.29 is 4.74 Å². The van der Waals surface area contributed by atoms with E-state index in [0.29, 0.717) is 11.6 Å². The number of halogens is 1. The zero-order chi connectivity index (χ0) is 13.0. The summed E-state index contributed by atoms with van der Waals surface area (Å²) in [5.74, 6) is 0. The van der Waals surface area contributed by atoms with E-state index in [0.717, 1.165) is 11.4 Å². The maximum absolute atomic E-state index is 6.22. The zero-order valence-electron chi connectivity index (χ0n) is 10.3. The van der Waals surface area contributed by atoms with Crippen LogP contribution in [0.3, 0.4) is 0 Å². The summed E-state index contributed by atoms with van der Waals surface area (Å²) in [7, 11) is 1.68. The predicted octanol–water partition coefficient (Wildman–Crippen LogP) is 2.37. The normalized spacial score (nSPS) is 12.4. The van der Waals surface area contributed by atoms with Crippen molar-refractivity contribution in [2.75, 3.05) is 19.0 Å². The molecule has 0 fully saturated rings. The number of nitrogens with one attached hydrogen (secondary N) is 1. The van der Waals surface area contributed by atoms with Gasteiger partial charge in [-0.15, -0.1) is 0 Å². The third-order valence-corrected chi connectivity index (χ3v) is 2.76. The van der Waals surface area contributed by atoms with E-state index in [4.69, 9.17) is 16.3 Å². The first-order chi connectivity index (χ1) is 8.72. The van der Waals surface area contributed by atoms with Gasteiger partial charge in [0.15, 0.2) is 0 Å². The van der Waals surface area contributed by atoms with Crippen molar-refractivity contribution in [1.29, 1.82) is 0 Å². The molecule has 1 N–H and O–H groups in total. The molecule has 0 saturated carbocycles. The van der Waals surface area contributed by atoms with E-state index in [-0.39, 0.29) is 6.04 Å². The summed E-state index contributed by atoms with van der Waals surface area (Å²) in [4.78, 5) is 3.94. The number of hydrogen-bond acceptors (Lipinski definition) is 4. The Bertz CT molecular complexity index is 501. The third kappa shape index (κ3) is 2.80. The molecule has 18 heavy (non-hydrogen) atoms. The third-order valence-electron chi connectivity index (χ3n) is 2.45. The van der Waals surface area contributed by atoms with Gasteiger partial charge in [-0.25, -0.2) is 9.67 Å². The quantitative estimate of drug-likeness (QED) is 0.903. The molecule has 0 radical (unpaired) electrons. The highest BCUT2D eigenvalue weighted by molar-refractivity contribution is 6.33. The lowest BCUT2D eigenvalue weighted by molar-refractivity contribution is 0.190. The van der Waals surface area contributed by atoms with Crippen molar-refractivity contribution in [3.05, 3.63) is 35.9 Å². The Kier molecular flexibility index (Phi) is 4.17. The Morgan fingerprint density at radius 3 is 3.00 bits per heavy atom. The van der Waals surface area contributed by atoms with Crippen molar-refractivity contribution >= 4 is 17.3 Å². The highest BCUT2D eigenvalue weighted by Crippen LogP contribution is 2.28. The number of para-hydroxylation sites is 1. The number of rotatable bonds is 5. The Morgan fingerprint density at radius 2 is 2.33 bits per heavy atom. The van der Waals surface area contributed by atoms with Crippen molar-refractivity contribution in [1.82, 2.24) is 14.8 Å². The van der Waals surface area contributed by atoms with Crippen molar-refractivity contribution in [3.63, 3.8) is 0 Å². The standard InChI is InChI=1S/C12H15ClN4O/c1-9(6-18-2)16-11-5-3-4-10(13)12(11)17-8-14-7-15-17/h3-5,7-9,16H,6H2,1-2H3. The first-order valence-electron chi connectivity index (χ1n) is 5.61. The molecule has 0 aliphatic carbocycles. The molecule has 0 aliphatic heterocycles. The summed E-state index contributed by atoms with van der Waals surface area (Å²) in [5.41, 5.74) is 1.69. The molecule has 1 heterocycles. The van der Waals surface area contributed by atoms with Crippen LogP contribution in [-0.2, 0) is 4.74 Å². The molecular formula is C12H15ClN4O. The fourth-order valence-corrected chi connectivity index (χ4v) is 2.01. The van der Waals surface area contributed by atoms with Crippen molar-refractivity contribution in [2.24, 2.45) is 0 Å². The van der Waals surface area contributed by atoms with Crippen molar-refractivity contribution in [2.45, 2.75) is 13.0 Å². The van der Waals surface area contributed by atoms with Gasteiger partial charge in [0.05, 0.1) is 17.3 Å². The Morgan fingerprint density at radius 1 is 1.50 bits per heavy atom. The van der Waals surface area contributed by atoms with Crippen LogP contribution >= 0.6 is 11.6 Å². The zero-order valence-corrected chi connectivity index (χ0v) is 11.1. The lowest BCUT2D eigenvalue weighted by Gasteiger charge is -2.18. The molecular weight excluding hydrogens is 252 g/mol. The van der Waals surface area contributed by atoms with Crippen LogP contribution in [0.2, 0.25) is 5.02 Å². The Labute approximate surface area is 111 Å². The molecule has 1 atom stereocenters. The molecule has 1 unspecified atom stereocenters. The minimum Gasteiger partial charge on any atom is -0.383 e. The number of nitrogens with zero attached hydrogens (tertiary/aromatic N) is 3. The second kappa shape index (κ2) is 5.84. The molecule has 5 nitrogen and oxygen atoms in total. The summed E-state index contributed by atoms with van der Waals surface area (Å²) in [6.07, 6.45) is 3.10. The first kappa shape index (κ1) is 12.9. The fourth-order valence-electron chi connectivity index (χ4n) is 1.75. The summed E-state index contributed by atoms with van der Waals surface area (Å²) in [6.45, 7) is 2.65. The number of aromatic nitrogens is 3. The highest BCUT2D eigenvalue weighted by Gasteiger charge is 2.11. The van der Waals surface area contributed by atoms with Gasteiger partial charge in [-0.3, -0.25) is 0 Å². The van der Waals surface area contributed by atoms with Gasteiger partial charge in [-0.05, 0) is 19.1 Å². The average molecular weight is 267 g/mol. The van der Waals surface area contributed by atoms with Gasteiger partial charge in [0.2, 0.25) is 0 Å². The highest BCUT2D eigenvalue weighted by atomic mass is 35.5. The molecule has 6 heteroatoms. The van der Waals surface area contributed by atoms with E-state index in [1.54, 1.807) is 18.1 Å². The van der Waals surface area contributed by atoms with Gasteiger partial charge in [-0.2, -0.15) is 5.10 Å². The van der Waals surface area contributed by atoms with Crippen molar-refractivity contribution in [3.8, 4) is 5.69 Å². The van der Waals surface area contributed by atoms with Gasteiger partial charge < -0.3 is 10.1 Å². The first-order valence-corrected chi connectivity index (χ1v) is 5.99. The smallest absolute Gasteiger partial charge is 0.138 e. The van der Waals surface area contributed by atoms with Crippen LogP contribution in [0.1, 0.15) is 6.92 Å². The number of hydrogen-bond donors (Lipinski definition) is 1. The lowest BCUT2D eigenvalue weighted by atomic mass is 10.2. The average Bonchev–Trinajstić information content (AvgIpc) is 2.82. The minimum absolute atomic E-state index is 0.177. The van der Waals surface area contributed by atoms with Gasteiger partial charge in [-0.1, -0.05) is 17.7 Å². The topological polar surface area (TPSA) is 52.0 Å². The van der Waals surface area contributed by atoms with Crippen LogP contribution in [0.5, 0.6) is 0 Å². The summed E-state index contributed by atoms with van der Waals surface area (Å²) >= 11 is 6.22. The number of methoxy groups -OCH3 is 1. The molecule has 0 spiro atoms. The summed E-state index contributed by atoms with van der Waals surface area (Å²) < 4.78 is 6.75. The van der Waals surface area contributed by atoms with E-state index in [9.17, 15) is 0 Å². The van der Waals surface area contributed by atoms with Crippen LogP contribution < -0.4 is 5.32 Å². The predicted molar refractivity (Wildman–Crippen MR) is 71.3 cm³/mol. The second-order valence-electron chi connectivity index (χ2n) is 3.98. The molecule has 0 amide bonds. The molecule has 1 aromatic carbocycles. The minimum atomic E-state index is 0.177. The molecule has 2 rings (SSSR count). The molecule has 1 aromatic heterocycles. The fraction of sp³-hybridized carbons (Fsp3) is 0.333. The van der Waals surface area contributed by atoms with E-state index in [1.165, 1.54) is 6.33 Å². The number of ether oxygens (including phenoxy) is 1. The van der Waals surface area contributed by atoms with Gasteiger partial charge in [0.25, 0.3) is 0 Å². The van der Waals surface area contributed by atoms with Gasteiger partial charge >= 0.3 is 0 Å². The molecule has 0 bridgehead atoms. The molecule has 0 aliphatic rings. The monoisotopic (exact) mass is 266 g/mol. The summed E-state index contributed by atoms with van der Waals surface area (Å²) in [5, 5.41) is 8.07. The van der Waals surface area contributed by atoms with E-state index in [2.05, 4.69) is 15.4 Å². The molecule has 0 saturated heterocycles. The lowest BCUT2D eigenvalue weighted by Crippen LogP contribution is -2.21. The number of anilines is 1. The SMILES string of the molecule is COCC(C)Nc1cccc(Cl)c1-n1cncn1. The van der Waals surface area contributed by atoms with Crippen LogP contribution in [-0.4, -0.2) is 34.5 Å². The largest absolute Gasteiger partial charge is 0.383 e. The molecule has 96 valence electrons. The number of benzene rings is 1. The Balaban J connectivity index is 2.33. The van der Waals surface area contributed by atoms with Crippen LogP contribution in [0, 0.1) is 0 Å². The van der Waals surface area contributed by atoms with Gasteiger partial charge in [0, 0.05) is 13.2 Å². The maximum atomic E-state index is 6.22. The van der Waals surface area contributed by atoms with Crippen LogP contribution in [0.4, 0.5) is 5.69 Å². The van der Waals surface area contributed by atoms with E-state index < -0.39 is 0 Å². The second-order valence-corrected chi connectivity index (χ2v) is 4.38. The Hall–Kier alpha value is -1.59.